The van der Waals surface area contributed by atoms with Crippen LogP contribution in [0.1, 0.15) is 19.2 Å². The highest BCUT2D eigenvalue weighted by atomic mass is 35.5. The summed E-state index contributed by atoms with van der Waals surface area (Å²) in [6.45, 7) is 3.21. The van der Waals surface area contributed by atoms with Crippen molar-refractivity contribution in [3.05, 3.63) is 27.3 Å². The minimum atomic E-state index is -0.423. The van der Waals surface area contributed by atoms with Crippen LogP contribution in [-0.2, 0) is 13.6 Å². The molecule has 2 rings (SSSR count). The first-order chi connectivity index (χ1) is 9.47. The summed E-state index contributed by atoms with van der Waals surface area (Å²) in [6, 6.07) is 1.14. The van der Waals surface area contributed by atoms with E-state index in [1.54, 1.807) is 7.05 Å². The third kappa shape index (κ3) is 2.44. The van der Waals surface area contributed by atoms with E-state index in [1.165, 1.54) is 4.57 Å². The fourth-order valence-corrected chi connectivity index (χ4v) is 2.15. The van der Waals surface area contributed by atoms with Crippen LogP contribution < -0.4 is 10.9 Å². The van der Waals surface area contributed by atoms with Crippen LogP contribution in [0, 0.1) is 0 Å². The molecule has 108 valence electrons. The third-order valence-electron chi connectivity index (χ3n) is 3.06. The molecule has 0 aliphatic carbocycles. The van der Waals surface area contributed by atoms with Crippen molar-refractivity contribution in [3.8, 4) is 11.5 Å². The number of phenols is 2. The van der Waals surface area contributed by atoms with E-state index in [0.29, 0.717) is 12.4 Å². The van der Waals surface area contributed by atoms with E-state index in [0.717, 1.165) is 19.0 Å². The number of fused-ring (bicyclic) bond motifs is 1. The minimum Gasteiger partial charge on any atom is -0.507 e. The molecule has 6 nitrogen and oxygen atoms in total. The lowest BCUT2D eigenvalue weighted by molar-refractivity contribution is 0.467. The molecule has 0 unspecified atom stereocenters. The van der Waals surface area contributed by atoms with Crippen LogP contribution in [0.3, 0.4) is 0 Å². The molecule has 0 saturated heterocycles. The van der Waals surface area contributed by atoms with Gasteiger partial charge < -0.3 is 15.5 Å². The Balaban J connectivity index is 2.66. The Morgan fingerprint density at radius 2 is 2.15 bits per heavy atom. The monoisotopic (exact) mass is 297 g/mol. The molecule has 0 aliphatic heterocycles. The first-order valence-electron chi connectivity index (χ1n) is 6.28. The molecule has 3 N–H and O–H groups in total. The summed E-state index contributed by atoms with van der Waals surface area (Å²) in [4.78, 5) is 16.5. The molecule has 0 saturated carbocycles. The highest BCUT2D eigenvalue weighted by Gasteiger charge is 2.17. The van der Waals surface area contributed by atoms with E-state index in [-0.39, 0.29) is 27.4 Å². The highest BCUT2D eigenvalue weighted by Crippen LogP contribution is 2.35. The number of rotatable bonds is 4. The van der Waals surface area contributed by atoms with Crippen LogP contribution in [0.15, 0.2) is 10.9 Å². The van der Waals surface area contributed by atoms with Crippen LogP contribution in [0.25, 0.3) is 10.9 Å². The van der Waals surface area contributed by atoms with Gasteiger partial charge >= 0.3 is 0 Å². The zero-order valence-corrected chi connectivity index (χ0v) is 12.0. The van der Waals surface area contributed by atoms with Crippen LogP contribution >= 0.6 is 11.6 Å². The van der Waals surface area contributed by atoms with Gasteiger partial charge in [0.25, 0.3) is 5.56 Å². The Hall–Kier alpha value is -1.79. The summed E-state index contributed by atoms with van der Waals surface area (Å²) < 4.78 is 1.35. The third-order valence-corrected chi connectivity index (χ3v) is 3.35. The summed E-state index contributed by atoms with van der Waals surface area (Å²) in [6.07, 6.45) is 0.958. The molecule has 7 heteroatoms. The summed E-state index contributed by atoms with van der Waals surface area (Å²) in [5.41, 5.74) is -0.404. The number of benzene rings is 1. The van der Waals surface area contributed by atoms with Crippen molar-refractivity contribution in [1.82, 2.24) is 14.9 Å². The first-order valence-corrected chi connectivity index (χ1v) is 6.66. The number of phenolic OH excluding ortho intramolecular Hbond substituents is 2. The van der Waals surface area contributed by atoms with E-state index in [9.17, 15) is 15.0 Å². The van der Waals surface area contributed by atoms with E-state index in [2.05, 4.69) is 10.3 Å². The average molecular weight is 298 g/mol. The van der Waals surface area contributed by atoms with Gasteiger partial charge in [0, 0.05) is 13.1 Å². The molecule has 0 bridgehead atoms. The van der Waals surface area contributed by atoms with Crippen molar-refractivity contribution in [2.45, 2.75) is 19.9 Å². The number of hydrogen-bond donors (Lipinski definition) is 3. The standard InChI is InChI=1S/C13H16ClN3O3/c1-3-4-15-6-9-16-11-10(13(20)17(9)2)8(18)5-7(14)12(11)19/h5,15,18-19H,3-4,6H2,1-2H3. The fourth-order valence-electron chi connectivity index (χ4n) is 1.96. The van der Waals surface area contributed by atoms with Gasteiger partial charge in [-0.1, -0.05) is 18.5 Å². The predicted molar refractivity (Wildman–Crippen MR) is 77.3 cm³/mol. The zero-order chi connectivity index (χ0) is 14.9. The summed E-state index contributed by atoms with van der Waals surface area (Å²) in [5, 5.41) is 22.8. The van der Waals surface area contributed by atoms with Crippen molar-refractivity contribution in [2.75, 3.05) is 6.54 Å². The van der Waals surface area contributed by atoms with Crippen LogP contribution in [-0.4, -0.2) is 26.3 Å². The number of halogens is 1. The predicted octanol–water partition coefficient (Wildman–Crippen LogP) is 1.50. The first kappa shape index (κ1) is 14.6. The Morgan fingerprint density at radius 1 is 1.45 bits per heavy atom. The fraction of sp³-hybridized carbons (Fsp3) is 0.385. The lowest BCUT2D eigenvalue weighted by Crippen LogP contribution is -2.26. The van der Waals surface area contributed by atoms with Gasteiger partial charge in [-0.05, 0) is 13.0 Å². The van der Waals surface area contributed by atoms with Crippen LogP contribution in [0.2, 0.25) is 5.02 Å². The second-order valence-electron chi connectivity index (χ2n) is 4.52. The van der Waals surface area contributed by atoms with Crippen LogP contribution in [0.4, 0.5) is 0 Å². The number of aromatic hydroxyl groups is 2. The molecular weight excluding hydrogens is 282 g/mol. The molecule has 0 fully saturated rings. The smallest absolute Gasteiger partial charge is 0.265 e. The SMILES string of the molecule is CCCNCc1nc2c(O)c(Cl)cc(O)c2c(=O)n1C. The van der Waals surface area contributed by atoms with Gasteiger partial charge in [0.05, 0.1) is 11.6 Å². The van der Waals surface area contributed by atoms with E-state index in [4.69, 9.17) is 11.6 Å². The van der Waals surface area contributed by atoms with E-state index in [1.807, 2.05) is 6.92 Å². The lowest BCUT2D eigenvalue weighted by Gasteiger charge is -2.12. The molecule has 0 spiro atoms. The molecule has 0 amide bonds. The zero-order valence-electron chi connectivity index (χ0n) is 11.3. The number of aromatic nitrogens is 2. The second-order valence-corrected chi connectivity index (χ2v) is 4.93. The van der Waals surface area contributed by atoms with Gasteiger partial charge in [0.15, 0.2) is 5.75 Å². The molecule has 0 atom stereocenters. The van der Waals surface area contributed by atoms with E-state index < -0.39 is 5.56 Å². The Morgan fingerprint density at radius 3 is 2.80 bits per heavy atom. The molecule has 1 aromatic carbocycles. The average Bonchev–Trinajstić information content (AvgIpc) is 2.41. The summed E-state index contributed by atoms with van der Waals surface area (Å²) in [5.74, 6) is -0.120. The lowest BCUT2D eigenvalue weighted by atomic mass is 10.2. The summed E-state index contributed by atoms with van der Waals surface area (Å²) >= 11 is 5.79. The second kappa shape index (κ2) is 5.68. The van der Waals surface area contributed by atoms with Crippen molar-refractivity contribution < 1.29 is 10.2 Å². The van der Waals surface area contributed by atoms with Gasteiger partial charge in [-0.2, -0.15) is 0 Å². The molecule has 0 radical (unpaired) electrons. The minimum absolute atomic E-state index is 0.0198. The van der Waals surface area contributed by atoms with Gasteiger partial charge in [-0.25, -0.2) is 4.98 Å². The maximum Gasteiger partial charge on any atom is 0.265 e. The Bertz CT molecular complexity index is 712. The van der Waals surface area contributed by atoms with Crippen LogP contribution in [0.5, 0.6) is 11.5 Å². The Kier molecular flexibility index (Phi) is 4.15. The van der Waals surface area contributed by atoms with Crippen molar-refractivity contribution in [3.63, 3.8) is 0 Å². The van der Waals surface area contributed by atoms with Crippen molar-refractivity contribution in [2.24, 2.45) is 7.05 Å². The normalized spacial score (nSPS) is 11.2. The molecule has 2 aromatic rings. The van der Waals surface area contributed by atoms with Crippen molar-refractivity contribution in [1.29, 1.82) is 0 Å². The topological polar surface area (TPSA) is 87.4 Å². The number of hydrogen-bond acceptors (Lipinski definition) is 5. The number of nitrogens with zero attached hydrogens (tertiary/aromatic N) is 2. The summed E-state index contributed by atoms with van der Waals surface area (Å²) in [7, 11) is 1.57. The Labute approximate surface area is 120 Å². The maximum absolute atomic E-state index is 12.2. The molecule has 0 aliphatic rings. The number of nitrogens with one attached hydrogen (secondary N) is 1. The van der Waals surface area contributed by atoms with Crippen molar-refractivity contribution >= 4 is 22.5 Å². The van der Waals surface area contributed by atoms with Gasteiger partial charge in [-0.3, -0.25) is 9.36 Å². The van der Waals surface area contributed by atoms with Gasteiger partial charge in [0.2, 0.25) is 0 Å². The largest absolute Gasteiger partial charge is 0.507 e. The quantitative estimate of drug-likeness (QED) is 0.588. The molecule has 1 aromatic heterocycles. The maximum atomic E-state index is 12.2. The van der Waals surface area contributed by atoms with Gasteiger partial charge in [-0.15, -0.1) is 0 Å². The van der Waals surface area contributed by atoms with Gasteiger partial charge in [0.1, 0.15) is 22.5 Å². The highest BCUT2D eigenvalue weighted by molar-refractivity contribution is 6.33. The molecule has 20 heavy (non-hydrogen) atoms. The molecule has 1 heterocycles. The molecular formula is C13H16ClN3O3. The van der Waals surface area contributed by atoms with E-state index >= 15 is 0 Å².